The van der Waals surface area contributed by atoms with Crippen LogP contribution in [0.2, 0.25) is 0 Å². The van der Waals surface area contributed by atoms with Gasteiger partial charge in [0.05, 0.1) is 12.5 Å². The zero-order valence-corrected chi connectivity index (χ0v) is 19.0. The number of carbonyl (C=O) groups excluding carboxylic acids is 1. The maximum Gasteiger partial charge on any atom is 0.394 e. The zero-order chi connectivity index (χ0) is 23.6. The summed E-state index contributed by atoms with van der Waals surface area (Å²) in [4.78, 5) is 15.0. The van der Waals surface area contributed by atoms with Gasteiger partial charge in [-0.05, 0) is 57.7 Å². The van der Waals surface area contributed by atoms with Crippen LogP contribution < -0.4 is 5.32 Å². The number of hydrogen-bond acceptors (Lipinski definition) is 2. The molecule has 0 radical (unpaired) electrons. The molecule has 1 aromatic rings. The third kappa shape index (κ3) is 15.3. The summed E-state index contributed by atoms with van der Waals surface area (Å²) in [6.07, 6.45) is 5.17. The van der Waals surface area contributed by atoms with Gasteiger partial charge in [0.25, 0.3) is 0 Å². The topological polar surface area (TPSA) is 41.5 Å². The molecular formula is C24H35F3N2O. The molecule has 1 rings (SSSR count). The van der Waals surface area contributed by atoms with Crippen molar-refractivity contribution in [2.75, 3.05) is 11.9 Å². The molecule has 0 aromatic heterocycles. The molecule has 1 amide bonds. The smallest absolute Gasteiger partial charge is 0.323 e. The first-order valence-electron chi connectivity index (χ1n) is 9.98. The van der Waals surface area contributed by atoms with E-state index in [1.165, 1.54) is 17.7 Å². The highest BCUT2D eigenvalue weighted by Gasteiger charge is 2.34. The molecule has 0 saturated heterocycles. The number of amides is 1. The van der Waals surface area contributed by atoms with Gasteiger partial charge in [-0.2, -0.15) is 13.2 Å². The van der Waals surface area contributed by atoms with Gasteiger partial charge in [-0.15, -0.1) is 0 Å². The van der Waals surface area contributed by atoms with Crippen molar-refractivity contribution < 1.29 is 18.0 Å². The van der Waals surface area contributed by atoms with Crippen molar-refractivity contribution in [3.63, 3.8) is 0 Å². The van der Waals surface area contributed by atoms with Crippen molar-refractivity contribution in [1.29, 1.82) is 0 Å². The van der Waals surface area contributed by atoms with E-state index in [1.54, 1.807) is 38.3 Å². The molecule has 0 spiro atoms. The number of rotatable bonds is 6. The van der Waals surface area contributed by atoms with E-state index in [4.69, 9.17) is 0 Å². The third-order valence-corrected chi connectivity index (χ3v) is 3.45. The first-order chi connectivity index (χ1) is 14.1. The van der Waals surface area contributed by atoms with Crippen LogP contribution in [-0.4, -0.2) is 24.8 Å². The molecule has 0 aliphatic heterocycles. The number of benzene rings is 1. The lowest BCUT2D eigenvalue weighted by Gasteiger charge is -2.12. The lowest BCUT2D eigenvalue weighted by molar-refractivity contribution is -0.156. The van der Waals surface area contributed by atoms with Gasteiger partial charge >= 0.3 is 6.18 Å². The molecule has 1 atom stereocenters. The predicted molar refractivity (Wildman–Crippen MR) is 123 cm³/mol. The van der Waals surface area contributed by atoms with Crippen molar-refractivity contribution in [1.82, 2.24) is 0 Å². The Kier molecular flexibility index (Phi) is 17.0. The Balaban J connectivity index is 0. The number of alkyl halides is 3. The number of aliphatic imine (C=N–C) groups is 1. The molecule has 0 aliphatic carbocycles. The minimum Gasteiger partial charge on any atom is -0.323 e. The summed E-state index contributed by atoms with van der Waals surface area (Å²) >= 11 is 0. The van der Waals surface area contributed by atoms with E-state index in [0.717, 1.165) is 12.6 Å². The van der Waals surface area contributed by atoms with Gasteiger partial charge < -0.3 is 5.32 Å². The Labute approximate surface area is 179 Å². The van der Waals surface area contributed by atoms with Crippen molar-refractivity contribution in [3.8, 4) is 0 Å². The highest BCUT2D eigenvalue weighted by Crippen LogP contribution is 2.27. The van der Waals surface area contributed by atoms with Crippen LogP contribution in [0.25, 0.3) is 0 Å². The monoisotopic (exact) mass is 424 g/mol. The largest absolute Gasteiger partial charge is 0.394 e. The lowest BCUT2D eigenvalue weighted by Crippen LogP contribution is -2.18. The van der Waals surface area contributed by atoms with Gasteiger partial charge in [0, 0.05) is 5.69 Å². The second-order valence-electron chi connectivity index (χ2n) is 6.03. The minimum atomic E-state index is -4.18. The number of hydrogen-bond donors (Lipinski definition) is 1. The van der Waals surface area contributed by atoms with Gasteiger partial charge in [0.15, 0.2) is 0 Å². The van der Waals surface area contributed by atoms with Crippen molar-refractivity contribution in [3.05, 3.63) is 65.8 Å². The molecule has 0 bridgehead atoms. The Hall–Kier alpha value is -2.63. The number of aryl methyl sites for hydroxylation is 1. The van der Waals surface area contributed by atoms with E-state index < -0.39 is 12.1 Å². The SMILES string of the molecule is C/C=C/C(=O)Nc1ccc(C)cc1.CC.CC=NCC(/C=C\C)=C/C(C)C(F)(F)F. The normalized spacial score (nSPS) is 12.9. The van der Waals surface area contributed by atoms with Crippen molar-refractivity contribution in [2.24, 2.45) is 10.9 Å². The summed E-state index contributed by atoms with van der Waals surface area (Å²) in [6.45, 7) is 12.8. The van der Waals surface area contributed by atoms with Crippen LogP contribution in [0.15, 0.2) is 65.2 Å². The van der Waals surface area contributed by atoms with E-state index in [1.807, 2.05) is 52.0 Å². The minimum absolute atomic E-state index is 0.0913. The van der Waals surface area contributed by atoms with Gasteiger partial charge in [-0.3, -0.25) is 9.79 Å². The molecule has 0 heterocycles. The van der Waals surface area contributed by atoms with Crippen LogP contribution in [0.5, 0.6) is 0 Å². The molecule has 1 N–H and O–H groups in total. The highest BCUT2D eigenvalue weighted by molar-refractivity contribution is 5.99. The molecule has 0 fully saturated rings. The quantitative estimate of drug-likeness (QED) is 0.290. The van der Waals surface area contributed by atoms with Gasteiger partial charge in [0.2, 0.25) is 5.91 Å². The van der Waals surface area contributed by atoms with Gasteiger partial charge in [0.1, 0.15) is 0 Å². The fourth-order valence-electron chi connectivity index (χ4n) is 1.96. The Morgan fingerprint density at radius 2 is 1.60 bits per heavy atom. The zero-order valence-electron chi connectivity index (χ0n) is 19.0. The molecule has 1 unspecified atom stereocenters. The maximum absolute atomic E-state index is 12.3. The average molecular weight is 425 g/mol. The molecule has 168 valence electrons. The average Bonchev–Trinajstić information content (AvgIpc) is 2.69. The third-order valence-electron chi connectivity index (χ3n) is 3.45. The predicted octanol–water partition coefficient (Wildman–Crippen LogP) is 7.31. The van der Waals surface area contributed by atoms with E-state index in [0.29, 0.717) is 12.1 Å². The number of nitrogens with one attached hydrogen (secondary N) is 1. The van der Waals surface area contributed by atoms with Crippen LogP contribution in [0.1, 0.15) is 47.1 Å². The summed E-state index contributed by atoms with van der Waals surface area (Å²) in [5.74, 6) is -1.53. The first-order valence-corrected chi connectivity index (χ1v) is 9.98. The molecule has 3 nitrogen and oxygen atoms in total. The van der Waals surface area contributed by atoms with Crippen molar-refractivity contribution in [2.45, 2.75) is 54.6 Å². The Bertz CT molecular complexity index is 700. The molecule has 0 saturated carbocycles. The second kappa shape index (κ2) is 17.2. The van der Waals surface area contributed by atoms with E-state index >= 15 is 0 Å². The fourth-order valence-corrected chi connectivity index (χ4v) is 1.96. The summed E-state index contributed by atoms with van der Waals surface area (Å²) in [5, 5.41) is 2.74. The fraction of sp³-hybridized carbons (Fsp3) is 0.417. The standard InChI is InChI=1S/C11H16F3N.C11H13NO.C2H6/c1-4-6-10(8-15-5-2)7-9(3)11(12,13)14;1-3-4-11(13)12-10-7-5-9(2)6-8-10;1-2/h4-7,9H,8H2,1-3H3;3-8H,1-2H3,(H,12,13);1-2H3/b6-4-,10-7+,15-5?;4-3+;. The van der Waals surface area contributed by atoms with Crippen LogP contribution >= 0.6 is 0 Å². The summed E-state index contributed by atoms with van der Waals surface area (Å²) in [6, 6.07) is 7.70. The maximum atomic E-state index is 12.3. The molecule has 30 heavy (non-hydrogen) atoms. The van der Waals surface area contributed by atoms with E-state index in [2.05, 4.69) is 10.3 Å². The second-order valence-corrected chi connectivity index (χ2v) is 6.03. The van der Waals surface area contributed by atoms with Gasteiger partial charge in [-0.25, -0.2) is 0 Å². The molecule has 0 aliphatic rings. The lowest BCUT2D eigenvalue weighted by atomic mass is 10.1. The number of nitrogens with zero attached hydrogens (tertiary/aromatic N) is 1. The summed E-state index contributed by atoms with van der Waals surface area (Å²) in [5.41, 5.74) is 2.60. The molecule has 6 heteroatoms. The van der Waals surface area contributed by atoms with Gasteiger partial charge in [-0.1, -0.05) is 62.8 Å². The van der Waals surface area contributed by atoms with Crippen LogP contribution in [-0.2, 0) is 4.79 Å². The van der Waals surface area contributed by atoms with Crippen molar-refractivity contribution >= 4 is 17.8 Å². The van der Waals surface area contributed by atoms with Crippen LogP contribution in [0, 0.1) is 12.8 Å². The summed E-state index contributed by atoms with van der Waals surface area (Å²) in [7, 11) is 0. The molecule has 1 aromatic carbocycles. The number of carbonyl (C=O) groups is 1. The first kappa shape index (κ1) is 29.6. The Morgan fingerprint density at radius 1 is 1.07 bits per heavy atom. The van der Waals surface area contributed by atoms with Crippen LogP contribution in [0.4, 0.5) is 18.9 Å². The highest BCUT2D eigenvalue weighted by atomic mass is 19.4. The molecular weight excluding hydrogens is 389 g/mol. The van der Waals surface area contributed by atoms with Crippen LogP contribution in [0.3, 0.4) is 0 Å². The number of allylic oxidation sites excluding steroid dienone is 3. The van der Waals surface area contributed by atoms with E-state index in [-0.39, 0.29) is 5.91 Å². The Morgan fingerprint density at radius 3 is 2.03 bits per heavy atom. The number of anilines is 1. The summed E-state index contributed by atoms with van der Waals surface area (Å²) < 4.78 is 36.8. The van der Waals surface area contributed by atoms with E-state index in [9.17, 15) is 18.0 Å². The number of halogens is 3.